The fourth-order valence-corrected chi connectivity index (χ4v) is 1.14. The molecule has 1 N–H and O–H groups in total. The second-order valence-corrected chi connectivity index (χ2v) is 5.28. The molecule has 2 nitrogen and oxygen atoms in total. The minimum Gasteiger partial charge on any atom is -0.307 e. The van der Waals surface area contributed by atoms with Crippen LogP contribution in [0.3, 0.4) is 0 Å². The molecule has 0 radical (unpaired) electrons. The smallest absolute Gasteiger partial charge is 0.141 e. The summed E-state index contributed by atoms with van der Waals surface area (Å²) in [4.78, 5) is 0. The lowest BCUT2D eigenvalue weighted by atomic mass is 10.5. The van der Waals surface area contributed by atoms with Crippen molar-refractivity contribution < 1.29 is 4.57 Å². The Morgan fingerprint density at radius 2 is 2.00 bits per heavy atom. The molecule has 50 valence electrons. The molecule has 0 aromatic heterocycles. The summed E-state index contributed by atoms with van der Waals surface area (Å²) in [5.41, 5.74) is 0. The van der Waals surface area contributed by atoms with Crippen molar-refractivity contribution in [2.75, 3.05) is 19.9 Å². The molecule has 0 spiro atoms. The van der Waals surface area contributed by atoms with E-state index in [9.17, 15) is 4.57 Å². The van der Waals surface area contributed by atoms with Gasteiger partial charge in [0.25, 0.3) is 0 Å². The first-order valence-corrected chi connectivity index (χ1v) is 5.46. The SMILES string of the molecule is CCCNP(C)(C)=O. The Morgan fingerprint density at radius 1 is 1.50 bits per heavy atom. The number of nitrogens with one attached hydrogen (secondary N) is 1. The maximum Gasteiger partial charge on any atom is 0.141 e. The summed E-state index contributed by atoms with van der Waals surface area (Å²) < 4.78 is 10.9. The summed E-state index contributed by atoms with van der Waals surface area (Å²) in [5.74, 6) is 0. The van der Waals surface area contributed by atoms with Crippen LogP contribution in [0.15, 0.2) is 0 Å². The van der Waals surface area contributed by atoms with E-state index < -0.39 is 7.29 Å². The summed E-state index contributed by atoms with van der Waals surface area (Å²) in [7, 11) is -1.93. The van der Waals surface area contributed by atoms with Crippen molar-refractivity contribution in [1.29, 1.82) is 0 Å². The topological polar surface area (TPSA) is 29.1 Å². The van der Waals surface area contributed by atoms with Crippen molar-refractivity contribution in [3.05, 3.63) is 0 Å². The molecule has 0 aliphatic carbocycles. The Bertz CT molecular complexity index is 96.6. The molecule has 0 unspecified atom stereocenters. The van der Waals surface area contributed by atoms with Crippen LogP contribution in [0.2, 0.25) is 0 Å². The summed E-state index contributed by atoms with van der Waals surface area (Å²) in [5, 5.41) is 2.93. The van der Waals surface area contributed by atoms with Crippen LogP contribution >= 0.6 is 7.29 Å². The van der Waals surface area contributed by atoms with Gasteiger partial charge in [0.15, 0.2) is 0 Å². The van der Waals surface area contributed by atoms with Gasteiger partial charge in [0, 0.05) is 19.9 Å². The average Bonchev–Trinajstić information content (AvgIpc) is 1.59. The predicted molar refractivity (Wildman–Crippen MR) is 37.7 cm³/mol. The molecule has 0 bridgehead atoms. The lowest BCUT2D eigenvalue weighted by molar-refractivity contribution is 0.572. The van der Waals surface area contributed by atoms with Crippen molar-refractivity contribution >= 4 is 7.29 Å². The van der Waals surface area contributed by atoms with E-state index in [2.05, 4.69) is 12.0 Å². The Labute approximate surface area is 51.1 Å². The van der Waals surface area contributed by atoms with Crippen LogP contribution in [0.5, 0.6) is 0 Å². The van der Waals surface area contributed by atoms with Crippen molar-refractivity contribution in [3.8, 4) is 0 Å². The normalized spacial score (nSPS) is 11.9. The van der Waals surface area contributed by atoms with Crippen LogP contribution in [-0.2, 0) is 4.57 Å². The van der Waals surface area contributed by atoms with E-state index in [1.165, 1.54) is 0 Å². The highest BCUT2D eigenvalue weighted by molar-refractivity contribution is 7.60. The Kier molecular flexibility index (Phi) is 3.34. The van der Waals surface area contributed by atoms with Crippen LogP contribution in [0, 0.1) is 0 Å². The molecule has 0 aromatic rings. The third-order valence-corrected chi connectivity index (χ3v) is 1.73. The molecule has 0 heterocycles. The van der Waals surface area contributed by atoms with Crippen molar-refractivity contribution in [2.45, 2.75) is 13.3 Å². The largest absolute Gasteiger partial charge is 0.307 e. The molecule has 8 heavy (non-hydrogen) atoms. The highest BCUT2D eigenvalue weighted by Gasteiger charge is 2.01. The first kappa shape index (κ1) is 8.19. The van der Waals surface area contributed by atoms with Crippen molar-refractivity contribution in [2.24, 2.45) is 0 Å². The molecule has 0 amide bonds. The van der Waals surface area contributed by atoms with Gasteiger partial charge in [0.05, 0.1) is 0 Å². The summed E-state index contributed by atoms with van der Waals surface area (Å²) in [6, 6.07) is 0. The minimum absolute atomic E-state index is 0.865. The molecule has 0 saturated carbocycles. The number of rotatable bonds is 3. The quantitative estimate of drug-likeness (QED) is 0.594. The van der Waals surface area contributed by atoms with Gasteiger partial charge in [0.2, 0.25) is 0 Å². The second-order valence-electron chi connectivity index (χ2n) is 2.26. The molecular formula is C5H14NOP. The first-order valence-electron chi connectivity index (χ1n) is 2.86. The first-order chi connectivity index (χ1) is 3.56. The van der Waals surface area contributed by atoms with Crippen LogP contribution in [0.25, 0.3) is 0 Å². The summed E-state index contributed by atoms with van der Waals surface area (Å²) >= 11 is 0. The third-order valence-electron chi connectivity index (χ3n) is 0.743. The Morgan fingerprint density at radius 3 is 2.12 bits per heavy atom. The van der Waals surface area contributed by atoms with Crippen molar-refractivity contribution in [3.63, 3.8) is 0 Å². The standard InChI is InChI=1S/C5H14NOP/c1-4-5-6-8(2,3)7/h4-5H2,1-3H3,(H,6,7). The van der Waals surface area contributed by atoms with E-state index in [0.29, 0.717) is 0 Å². The highest BCUT2D eigenvalue weighted by Crippen LogP contribution is 2.28. The molecule has 0 aromatic carbocycles. The lowest BCUT2D eigenvalue weighted by Crippen LogP contribution is -2.08. The lowest BCUT2D eigenvalue weighted by Gasteiger charge is -2.05. The molecule has 0 rings (SSSR count). The maximum atomic E-state index is 10.9. The maximum absolute atomic E-state index is 10.9. The predicted octanol–water partition coefficient (Wildman–Crippen LogP) is 1.52. The van der Waals surface area contributed by atoms with E-state index in [0.717, 1.165) is 13.0 Å². The van der Waals surface area contributed by atoms with E-state index in [4.69, 9.17) is 0 Å². The number of hydrogen-bond acceptors (Lipinski definition) is 1. The van der Waals surface area contributed by atoms with Gasteiger partial charge in [-0.25, -0.2) is 0 Å². The minimum atomic E-state index is -1.93. The molecule has 0 saturated heterocycles. The zero-order valence-electron chi connectivity index (χ0n) is 5.77. The van der Waals surface area contributed by atoms with E-state index in [-0.39, 0.29) is 0 Å². The molecule has 0 atom stereocenters. The molecular weight excluding hydrogens is 121 g/mol. The van der Waals surface area contributed by atoms with Gasteiger partial charge in [-0.05, 0) is 6.42 Å². The van der Waals surface area contributed by atoms with Crippen LogP contribution in [-0.4, -0.2) is 19.9 Å². The van der Waals surface area contributed by atoms with Crippen LogP contribution in [0.4, 0.5) is 0 Å². The zero-order valence-corrected chi connectivity index (χ0v) is 6.66. The van der Waals surface area contributed by atoms with Gasteiger partial charge in [-0.2, -0.15) is 0 Å². The van der Waals surface area contributed by atoms with Gasteiger partial charge in [-0.3, -0.25) is 5.09 Å². The number of hydrogen-bond donors (Lipinski definition) is 1. The van der Waals surface area contributed by atoms with E-state index in [1.807, 2.05) is 0 Å². The summed E-state index contributed by atoms with van der Waals surface area (Å²) in [6.07, 6.45) is 1.05. The molecule has 0 aliphatic rings. The zero-order chi connectivity index (χ0) is 6.62. The average molecular weight is 135 g/mol. The van der Waals surface area contributed by atoms with Gasteiger partial charge in [-0.1, -0.05) is 6.92 Å². The fraction of sp³-hybridized carbons (Fsp3) is 1.00. The highest BCUT2D eigenvalue weighted by atomic mass is 31.2. The van der Waals surface area contributed by atoms with Crippen LogP contribution in [0.1, 0.15) is 13.3 Å². The van der Waals surface area contributed by atoms with Crippen molar-refractivity contribution in [1.82, 2.24) is 5.09 Å². The molecule has 0 aliphatic heterocycles. The Hall–Kier alpha value is 0.190. The van der Waals surface area contributed by atoms with Gasteiger partial charge in [0.1, 0.15) is 7.29 Å². The third kappa shape index (κ3) is 6.19. The van der Waals surface area contributed by atoms with Gasteiger partial charge < -0.3 is 4.57 Å². The van der Waals surface area contributed by atoms with Crippen LogP contribution < -0.4 is 5.09 Å². The molecule has 3 heteroatoms. The van der Waals surface area contributed by atoms with E-state index in [1.54, 1.807) is 13.3 Å². The molecule has 0 fully saturated rings. The van der Waals surface area contributed by atoms with E-state index >= 15 is 0 Å². The van der Waals surface area contributed by atoms with Gasteiger partial charge in [-0.15, -0.1) is 0 Å². The summed E-state index contributed by atoms with van der Waals surface area (Å²) in [6.45, 7) is 6.40. The monoisotopic (exact) mass is 135 g/mol. The Balaban J connectivity index is 3.26. The fourth-order valence-electron chi connectivity index (χ4n) is 0.381. The van der Waals surface area contributed by atoms with Gasteiger partial charge >= 0.3 is 0 Å². The second kappa shape index (κ2) is 3.26.